The number of rotatable bonds is 7. The fourth-order valence-electron chi connectivity index (χ4n) is 2.81. The average Bonchev–Trinajstić information content (AvgIpc) is 3.02. The van der Waals surface area contributed by atoms with E-state index in [-0.39, 0.29) is 13.2 Å². The molecule has 5 nitrogen and oxygen atoms in total. The van der Waals surface area contributed by atoms with E-state index in [0.29, 0.717) is 6.54 Å². The number of aromatic nitrogens is 1. The standard InChI is InChI=1S/C16H27N3O2/c1-16(12-20,13-21)11-18(2)10-14-5-6-15(17-9-14)19-7-3-4-8-19/h5-6,9,20-21H,3-4,7-8,10-13H2,1-2H3. The minimum Gasteiger partial charge on any atom is -0.396 e. The molecule has 0 unspecified atom stereocenters. The predicted molar refractivity (Wildman–Crippen MR) is 84.3 cm³/mol. The monoisotopic (exact) mass is 293 g/mol. The molecule has 2 N–H and O–H groups in total. The van der Waals surface area contributed by atoms with Gasteiger partial charge in [0.1, 0.15) is 5.82 Å². The molecule has 5 heteroatoms. The third kappa shape index (κ3) is 4.40. The Balaban J connectivity index is 1.90. The maximum atomic E-state index is 9.35. The van der Waals surface area contributed by atoms with Crippen LogP contribution in [0.2, 0.25) is 0 Å². The summed E-state index contributed by atoms with van der Waals surface area (Å²) in [5, 5.41) is 18.7. The number of anilines is 1. The molecule has 1 saturated heterocycles. The molecule has 1 aliphatic rings. The zero-order valence-electron chi connectivity index (χ0n) is 13.1. The van der Waals surface area contributed by atoms with E-state index in [4.69, 9.17) is 0 Å². The summed E-state index contributed by atoms with van der Waals surface area (Å²) < 4.78 is 0. The summed E-state index contributed by atoms with van der Waals surface area (Å²) in [7, 11) is 2.00. The van der Waals surface area contributed by atoms with E-state index >= 15 is 0 Å². The fourth-order valence-corrected chi connectivity index (χ4v) is 2.81. The Hall–Kier alpha value is -1.17. The second-order valence-electron chi connectivity index (χ2n) is 6.52. The van der Waals surface area contributed by atoms with Crippen molar-refractivity contribution in [1.29, 1.82) is 0 Å². The van der Waals surface area contributed by atoms with Gasteiger partial charge in [0, 0.05) is 37.8 Å². The number of hydrogen-bond donors (Lipinski definition) is 2. The van der Waals surface area contributed by atoms with E-state index in [1.807, 2.05) is 20.2 Å². The normalized spacial score (nSPS) is 16.0. The Bertz CT molecular complexity index is 426. The van der Waals surface area contributed by atoms with Gasteiger partial charge in [0.05, 0.1) is 13.2 Å². The quantitative estimate of drug-likeness (QED) is 0.788. The topological polar surface area (TPSA) is 59.8 Å². The number of aliphatic hydroxyl groups is 2. The van der Waals surface area contributed by atoms with Gasteiger partial charge in [-0.2, -0.15) is 0 Å². The molecule has 0 radical (unpaired) electrons. The molecule has 0 spiro atoms. The number of nitrogens with zero attached hydrogens (tertiary/aromatic N) is 3. The molecule has 0 aliphatic carbocycles. The van der Waals surface area contributed by atoms with Gasteiger partial charge in [0.25, 0.3) is 0 Å². The molecular weight excluding hydrogens is 266 g/mol. The van der Waals surface area contributed by atoms with Crippen molar-refractivity contribution in [2.75, 3.05) is 44.8 Å². The first-order chi connectivity index (χ1) is 10.1. The van der Waals surface area contributed by atoms with Crippen molar-refractivity contribution in [2.24, 2.45) is 5.41 Å². The van der Waals surface area contributed by atoms with Crippen molar-refractivity contribution < 1.29 is 10.2 Å². The van der Waals surface area contributed by atoms with Gasteiger partial charge in [-0.25, -0.2) is 4.98 Å². The fraction of sp³-hybridized carbons (Fsp3) is 0.688. The molecule has 0 saturated carbocycles. The molecule has 1 aromatic rings. The van der Waals surface area contributed by atoms with Gasteiger partial charge in [-0.05, 0) is 31.5 Å². The smallest absolute Gasteiger partial charge is 0.128 e. The number of hydrogen-bond acceptors (Lipinski definition) is 5. The van der Waals surface area contributed by atoms with Crippen LogP contribution < -0.4 is 4.90 Å². The minimum absolute atomic E-state index is 0.0139. The van der Waals surface area contributed by atoms with Crippen LogP contribution in [0.1, 0.15) is 25.3 Å². The van der Waals surface area contributed by atoms with Crippen LogP contribution in [0.4, 0.5) is 5.82 Å². The third-order valence-electron chi connectivity index (χ3n) is 4.11. The highest BCUT2D eigenvalue weighted by Crippen LogP contribution is 2.19. The lowest BCUT2D eigenvalue weighted by Crippen LogP contribution is -2.38. The van der Waals surface area contributed by atoms with Gasteiger partial charge < -0.3 is 20.0 Å². The highest BCUT2D eigenvalue weighted by Gasteiger charge is 2.24. The summed E-state index contributed by atoms with van der Waals surface area (Å²) in [6, 6.07) is 4.21. The minimum atomic E-state index is -0.461. The molecule has 0 aromatic carbocycles. The predicted octanol–water partition coefficient (Wildman–Crippen LogP) is 1.10. The molecular formula is C16H27N3O2. The molecule has 1 aliphatic heterocycles. The maximum Gasteiger partial charge on any atom is 0.128 e. The zero-order valence-corrected chi connectivity index (χ0v) is 13.1. The Kier molecular flexibility index (Phi) is 5.56. The van der Waals surface area contributed by atoms with Crippen molar-refractivity contribution >= 4 is 5.82 Å². The molecule has 2 rings (SSSR count). The van der Waals surface area contributed by atoms with Crippen molar-refractivity contribution in [3.8, 4) is 0 Å². The van der Waals surface area contributed by atoms with Gasteiger partial charge in [-0.1, -0.05) is 13.0 Å². The SMILES string of the molecule is CN(Cc1ccc(N2CCCC2)nc1)CC(C)(CO)CO. The van der Waals surface area contributed by atoms with Crippen molar-refractivity contribution in [1.82, 2.24) is 9.88 Å². The van der Waals surface area contributed by atoms with E-state index in [1.165, 1.54) is 12.8 Å². The van der Waals surface area contributed by atoms with Crippen molar-refractivity contribution in [3.05, 3.63) is 23.9 Å². The zero-order chi connectivity index (χ0) is 15.3. The molecule has 0 amide bonds. The van der Waals surface area contributed by atoms with E-state index in [0.717, 1.165) is 31.0 Å². The molecule has 21 heavy (non-hydrogen) atoms. The van der Waals surface area contributed by atoms with Crippen molar-refractivity contribution in [3.63, 3.8) is 0 Å². The Morgan fingerprint density at radius 3 is 2.43 bits per heavy atom. The average molecular weight is 293 g/mol. The van der Waals surface area contributed by atoms with Crippen LogP contribution in [-0.2, 0) is 6.54 Å². The molecule has 0 atom stereocenters. The highest BCUT2D eigenvalue weighted by molar-refractivity contribution is 5.40. The van der Waals surface area contributed by atoms with Gasteiger partial charge >= 0.3 is 0 Å². The summed E-state index contributed by atoms with van der Waals surface area (Å²) in [6.45, 7) is 5.49. The first-order valence-corrected chi connectivity index (χ1v) is 7.66. The molecule has 1 aromatic heterocycles. The van der Waals surface area contributed by atoms with Crippen LogP contribution in [0.3, 0.4) is 0 Å². The van der Waals surface area contributed by atoms with Crippen LogP contribution in [0, 0.1) is 5.41 Å². The number of pyridine rings is 1. The van der Waals surface area contributed by atoms with Crippen LogP contribution in [0.15, 0.2) is 18.3 Å². The van der Waals surface area contributed by atoms with Gasteiger partial charge in [-0.3, -0.25) is 0 Å². The van der Waals surface area contributed by atoms with E-state index in [1.54, 1.807) is 0 Å². The molecule has 0 bridgehead atoms. The summed E-state index contributed by atoms with van der Waals surface area (Å²) in [5.74, 6) is 1.06. The lowest BCUT2D eigenvalue weighted by molar-refractivity contribution is 0.0402. The Morgan fingerprint density at radius 2 is 1.90 bits per heavy atom. The van der Waals surface area contributed by atoms with E-state index < -0.39 is 5.41 Å². The van der Waals surface area contributed by atoms with Crippen molar-refractivity contribution in [2.45, 2.75) is 26.3 Å². The van der Waals surface area contributed by atoms with Gasteiger partial charge in [0.2, 0.25) is 0 Å². The summed E-state index contributed by atoms with van der Waals surface area (Å²) >= 11 is 0. The van der Waals surface area contributed by atoms with E-state index in [9.17, 15) is 10.2 Å². The summed E-state index contributed by atoms with van der Waals surface area (Å²) in [4.78, 5) is 8.98. The first-order valence-electron chi connectivity index (χ1n) is 7.66. The number of aliphatic hydroxyl groups excluding tert-OH is 2. The maximum absolute atomic E-state index is 9.35. The molecule has 1 fully saturated rings. The highest BCUT2D eigenvalue weighted by atomic mass is 16.3. The lowest BCUT2D eigenvalue weighted by Gasteiger charge is -2.30. The van der Waals surface area contributed by atoms with Crippen LogP contribution in [0.5, 0.6) is 0 Å². The van der Waals surface area contributed by atoms with Crippen LogP contribution in [-0.4, -0.2) is 60.0 Å². The van der Waals surface area contributed by atoms with Crippen LogP contribution in [0.25, 0.3) is 0 Å². The Morgan fingerprint density at radius 1 is 1.24 bits per heavy atom. The largest absolute Gasteiger partial charge is 0.396 e. The lowest BCUT2D eigenvalue weighted by atomic mass is 9.92. The molecule has 118 valence electrons. The second kappa shape index (κ2) is 7.20. The Labute approximate surface area is 127 Å². The summed E-state index contributed by atoms with van der Waals surface area (Å²) in [6.07, 6.45) is 4.44. The summed E-state index contributed by atoms with van der Waals surface area (Å²) in [5.41, 5.74) is 0.691. The second-order valence-corrected chi connectivity index (χ2v) is 6.52. The van der Waals surface area contributed by atoms with Crippen LogP contribution >= 0.6 is 0 Å². The third-order valence-corrected chi connectivity index (χ3v) is 4.11. The van der Waals surface area contributed by atoms with E-state index in [2.05, 4.69) is 26.9 Å². The van der Waals surface area contributed by atoms with Gasteiger partial charge in [0.15, 0.2) is 0 Å². The first kappa shape index (κ1) is 16.2. The molecule has 2 heterocycles. The van der Waals surface area contributed by atoms with Gasteiger partial charge in [-0.15, -0.1) is 0 Å².